The van der Waals surface area contributed by atoms with Gasteiger partial charge in [-0.05, 0) is 10.6 Å². The summed E-state index contributed by atoms with van der Waals surface area (Å²) >= 11 is 3.48. The van der Waals surface area contributed by atoms with E-state index in [9.17, 15) is 20.4 Å². The Morgan fingerprint density at radius 2 is 2.00 bits per heavy atom. The first-order valence-electron chi connectivity index (χ1n) is 4.18. The minimum Gasteiger partial charge on any atom is -0.394 e. The van der Waals surface area contributed by atoms with Gasteiger partial charge in [0.05, 0.1) is 6.61 Å². The van der Waals surface area contributed by atoms with E-state index in [-0.39, 0.29) is 0 Å². The zero-order valence-corrected chi connectivity index (χ0v) is 8.77. The third kappa shape index (κ3) is 1.85. The minimum atomic E-state index is -2.87. The number of aliphatic hydroxyl groups excluding tert-OH is 3. The van der Waals surface area contributed by atoms with Crippen LogP contribution in [0.4, 0.5) is 0 Å². The molecule has 0 radical (unpaired) electrons. The monoisotopic (exact) mass is 253 g/mol. The largest absolute Gasteiger partial charge is 0.394 e. The summed E-state index contributed by atoms with van der Waals surface area (Å²) in [7, 11) is 0. The molecule has 1 saturated heterocycles. The first-order valence-corrected chi connectivity index (χ1v) is 4.63. The van der Waals surface area contributed by atoms with Crippen LogP contribution in [0.5, 0.6) is 0 Å². The second-order valence-corrected chi connectivity index (χ2v) is 3.90. The molecular weight excluding hydrogens is 242 g/mol. The van der Waals surface area contributed by atoms with Crippen molar-refractivity contribution in [3.8, 4) is 0 Å². The van der Waals surface area contributed by atoms with Crippen LogP contribution in [0.25, 0.3) is 10.4 Å². The molecule has 1 fully saturated rings. The van der Waals surface area contributed by atoms with E-state index in [0.717, 1.165) is 0 Å². The topological polar surface area (TPSA) is 159 Å². The van der Waals surface area contributed by atoms with Gasteiger partial charge in [0, 0.05) is 4.91 Å². The third-order valence-corrected chi connectivity index (χ3v) is 2.72. The number of nitrogens with zero attached hydrogens (tertiary/aromatic N) is 3. The van der Waals surface area contributed by atoms with Gasteiger partial charge < -0.3 is 30.3 Å². The fourth-order valence-electron chi connectivity index (χ4n) is 1.34. The van der Waals surface area contributed by atoms with Crippen molar-refractivity contribution >= 4 is 12.6 Å². The number of hydrogen-bond donors (Lipinski definition) is 6. The van der Waals surface area contributed by atoms with Gasteiger partial charge in [-0.2, -0.15) is 0 Å². The SMILES string of the molecule is [N-]=[N+]=N[C@@]1(O)[C@@H](O)[C@H](O)[C@@H](CO)O[C@]1(O)S. The van der Waals surface area contributed by atoms with Gasteiger partial charge in [-0.15, -0.1) is 12.6 Å². The highest BCUT2D eigenvalue weighted by molar-refractivity contribution is 7.81. The first-order chi connectivity index (χ1) is 7.30. The summed E-state index contributed by atoms with van der Waals surface area (Å²) in [4.78, 5) is 2.21. The molecule has 0 spiro atoms. The molecular formula is C6H11N3O6S. The third-order valence-electron chi connectivity index (χ3n) is 2.29. The van der Waals surface area contributed by atoms with Crippen molar-refractivity contribution in [1.29, 1.82) is 0 Å². The second-order valence-electron chi connectivity index (χ2n) is 3.30. The number of ether oxygens (including phenoxy) is 1. The second kappa shape index (κ2) is 4.35. The molecule has 0 bridgehead atoms. The lowest BCUT2D eigenvalue weighted by Crippen LogP contribution is -2.70. The van der Waals surface area contributed by atoms with Crippen molar-refractivity contribution < 1.29 is 30.3 Å². The average Bonchev–Trinajstić information content (AvgIpc) is 2.22. The Kier molecular flexibility index (Phi) is 3.67. The van der Waals surface area contributed by atoms with Crippen LogP contribution < -0.4 is 0 Å². The lowest BCUT2D eigenvalue weighted by molar-refractivity contribution is -0.344. The lowest BCUT2D eigenvalue weighted by atomic mass is 9.94. The Balaban J connectivity index is 3.15. The summed E-state index contributed by atoms with van der Waals surface area (Å²) in [6.07, 6.45) is -5.17. The maximum atomic E-state index is 9.69. The van der Waals surface area contributed by atoms with E-state index in [2.05, 4.69) is 27.4 Å². The minimum absolute atomic E-state index is 0.729. The summed E-state index contributed by atoms with van der Waals surface area (Å²) in [6, 6.07) is 0. The summed E-state index contributed by atoms with van der Waals surface area (Å²) in [6.45, 7) is -0.729. The van der Waals surface area contributed by atoms with Gasteiger partial charge in [-0.25, -0.2) is 0 Å². The summed E-state index contributed by atoms with van der Waals surface area (Å²) < 4.78 is 4.62. The molecule has 10 heteroatoms. The van der Waals surface area contributed by atoms with Crippen LogP contribution in [0.1, 0.15) is 0 Å². The zero-order valence-electron chi connectivity index (χ0n) is 7.87. The molecule has 9 nitrogen and oxygen atoms in total. The molecule has 0 amide bonds. The van der Waals surface area contributed by atoms with Gasteiger partial charge in [0.2, 0.25) is 5.72 Å². The Bertz CT molecular complexity index is 321. The van der Waals surface area contributed by atoms with Crippen molar-refractivity contribution in [2.24, 2.45) is 5.11 Å². The van der Waals surface area contributed by atoms with Crippen molar-refractivity contribution in [3.05, 3.63) is 10.4 Å². The molecule has 16 heavy (non-hydrogen) atoms. The Morgan fingerprint density at radius 1 is 1.44 bits per heavy atom. The Hall–Kier alpha value is -0.580. The fourth-order valence-corrected chi connectivity index (χ4v) is 1.65. The van der Waals surface area contributed by atoms with Crippen LogP contribution >= 0.6 is 12.6 Å². The zero-order chi connectivity index (χ0) is 12.6. The van der Waals surface area contributed by atoms with Crippen molar-refractivity contribution in [3.63, 3.8) is 0 Å². The van der Waals surface area contributed by atoms with Gasteiger partial charge in [-0.3, -0.25) is 0 Å². The van der Waals surface area contributed by atoms with Crippen LogP contribution in [-0.4, -0.2) is 61.3 Å². The Morgan fingerprint density at radius 3 is 2.44 bits per heavy atom. The summed E-state index contributed by atoms with van der Waals surface area (Å²) in [5.74, 6) is 0. The molecule has 0 aromatic rings. The predicted octanol–water partition coefficient (Wildman–Crippen LogP) is -2.33. The van der Waals surface area contributed by atoms with Gasteiger partial charge >= 0.3 is 0 Å². The maximum Gasteiger partial charge on any atom is 0.252 e. The average molecular weight is 253 g/mol. The van der Waals surface area contributed by atoms with E-state index in [1.165, 1.54) is 0 Å². The molecule has 5 atom stereocenters. The summed E-state index contributed by atoms with van der Waals surface area (Å²) in [5.41, 5.74) is 5.33. The quantitative estimate of drug-likeness (QED) is 0.106. The smallest absolute Gasteiger partial charge is 0.252 e. The highest BCUT2D eigenvalue weighted by atomic mass is 32.1. The lowest BCUT2D eigenvalue weighted by Gasteiger charge is -2.48. The van der Waals surface area contributed by atoms with Crippen LogP contribution in [0, 0.1) is 0 Å². The van der Waals surface area contributed by atoms with E-state index >= 15 is 0 Å². The van der Waals surface area contributed by atoms with E-state index in [1.807, 2.05) is 0 Å². The van der Waals surface area contributed by atoms with Crippen LogP contribution in [0.3, 0.4) is 0 Å². The fraction of sp³-hybridized carbons (Fsp3) is 1.00. The van der Waals surface area contributed by atoms with Gasteiger partial charge in [0.25, 0.3) is 5.12 Å². The van der Waals surface area contributed by atoms with Crippen molar-refractivity contribution in [2.75, 3.05) is 6.61 Å². The van der Waals surface area contributed by atoms with Crippen LogP contribution in [0.15, 0.2) is 5.11 Å². The molecule has 1 rings (SSSR count). The molecule has 1 heterocycles. The molecule has 0 aromatic heterocycles. The number of aliphatic hydroxyl groups is 5. The molecule has 92 valence electrons. The normalized spacial score (nSPS) is 48.5. The highest BCUT2D eigenvalue weighted by Gasteiger charge is 2.62. The van der Waals surface area contributed by atoms with E-state index in [4.69, 9.17) is 10.6 Å². The highest BCUT2D eigenvalue weighted by Crippen LogP contribution is 2.40. The van der Waals surface area contributed by atoms with E-state index < -0.39 is 35.8 Å². The van der Waals surface area contributed by atoms with Crippen molar-refractivity contribution in [1.82, 2.24) is 0 Å². The van der Waals surface area contributed by atoms with E-state index in [1.54, 1.807) is 0 Å². The van der Waals surface area contributed by atoms with Crippen LogP contribution in [-0.2, 0) is 4.74 Å². The molecule has 1 aliphatic rings. The van der Waals surface area contributed by atoms with Crippen LogP contribution in [0.2, 0.25) is 0 Å². The number of hydrogen-bond acceptors (Lipinski definition) is 8. The number of azide groups is 1. The Labute approximate surface area is 94.9 Å². The molecule has 0 saturated carbocycles. The van der Waals surface area contributed by atoms with Gasteiger partial charge in [0.15, 0.2) is 0 Å². The van der Waals surface area contributed by atoms with E-state index in [0.29, 0.717) is 0 Å². The standard InChI is InChI=1S/C6H11N3O6S/c7-9-8-5(13)4(12)3(11)2(1-10)15-6(5,14)16/h2-4,10-14,16H,1H2/t2-,3-,4+,5-,6+/m1/s1. The molecule has 0 aliphatic carbocycles. The number of thiol groups is 1. The molecule has 0 aromatic carbocycles. The number of rotatable bonds is 2. The van der Waals surface area contributed by atoms with Gasteiger partial charge in [-0.1, -0.05) is 0 Å². The molecule has 1 aliphatic heterocycles. The molecule has 5 N–H and O–H groups in total. The van der Waals surface area contributed by atoms with Crippen molar-refractivity contribution in [2.45, 2.75) is 29.2 Å². The van der Waals surface area contributed by atoms with Gasteiger partial charge in [0.1, 0.15) is 18.3 Å². The summed E-state index contributed by atoms with van der Waals surface area (Å²) in [5, 5.41) is 47.0. The maximum absolute atomic E-state index is 9.69. The molecule has 0 unspecified atom stereocenters. The first kappa shape index (κ1) is 13.5. The predicted molar refractivity (Wildman–Crippen MR) is 52.0 cm³/mol.